The van der Waals surface area contributed by atoms with Gasteiger partial charge in [-0.15, -0.1) is 0 Å². The molecule has 0 aromatic heterocycles. The molecule has 4 aliphatic carbocycles. The number of ether oxygens (including phenoxy) is 13. The van der Waals surface area contributed by atoms with Crippen molar-refractivity contribution >= 4 is 5.78 Å². The highest BCUT2D eigenvalue weighted by Crippen LogP contribution is 2.70. The second kappa shape index (κ2) is 30.4. The SMILES string of the molecule is C[C@@H](CC[C@]1(O)O[C@H]2C[C@H]3[C@@H]4CC[C@H]5C[C@@H](O[C@@H]6O[C@H](CO)[C@H](O[C@@H]7O[C@H](CO)[C@@H](O)[C@H](O[C@@H]8O[C@H](CO)[C@@H](O[C@@H]9O[C@@H](C)[C@H](O)[C@@H](O)[C@H]9O)[C@H](O)[C@H]8O)[C@H]7O[C@@H]7O[C@H](CO)[C@@H](O)[C@H](O)[C@H]7O)[C@H](O)[C@H]6O)CC[C@]5(C)[C@H]4CC(=O)[C@]3(C)[C@H]2[C@@H]1C)CO[C@@H]1O[C@H](CO)[C@@H](O)[C@H](O)[C@H]1O. The lowest BCUT2D eigenvalue weighted by atomic mass is 9.44. The van der Waals surface area contributed by atoms with Crippen molar-refractivity contribution in [2.45, 2.75) is 295 Å². The van der Waals surface area contributed by atoms with Gasteiger partial charge in [-0.05, 0) is 86.9 Å². The first-order chi connectivity index (χ1) is 45.9. The van der Waals surface area contributed by atoms with Crippen LogP contribution in [0.3, 0.4) is 0 Å². The fraction of sp³-hybridized carbons (Fsp3) is 0.984. The van der Waals surface area contributed by atoms with Crippen LogP contribution in [0, 0.1) is 52.3 Å². The van der Waals surface area contributed by atoms with Crippen LogP contribution in [0.15, 0.2) is 0 Å². The van der Waals surface area contributed by atoms with Crippen LogP contribution in [-0.4, -0.2) is 350 Å². The van der Waals surface area contributed by atoms with Gasteiger partial charge >= 0.3 is 0 Å². The van der Waals surface area contributed by atoms with Gasteiger partial charge in [0.15, 0.2) is 43.5 Å². The zero-order chi connectivity index (χ0) is 70.4. The van der Waals surface area contributed by atoms with Gasteiger partial charge in [0, 0.05) is 30.1 Å². The minimum absolute atomic E-state index is 0.0109. The Morgan fingerprint density at radius 1 is 0.485 bits per heavy atom. The van der Waals surface area contributed by atoms with Crippen LogP contribution in [0.25, 0.3) is 0 Å². The molecule has 34 heteroatoms. The van der Waals surface area contributed by atoms with Gasteiger partial charge in [-0.1, -0.05) is 27.7 Å². The highest BCUT2D eigenvalue weighted by Gasteiger charge is 2.72. The molecule has 20 N–H and O–H groups in total. The van der Waals surface area contributed by atoms with Crippen molar-refractivity contribution in [3.63, 3.8) is 0 Å². The Balaban J connectivity index is 0.735. The van der Waals surface area contributed by atoms with E-state index in [1.54, 1.807) is 0 Å². The lowest BCUT2D eigenvalue weighted by molar-refractivity contribution is -0.410. The molecule has 4 saturated carbocycles. The van der Waals surface area contributed by atoms with Crippen LogP contribution in [0.2, 0.25) is 0 Å². The van der Waals surface area contributed by atoms with E-state index in [0.717, 1.165) is 12.8 Å². The molecule has 560 valence electrons. The molecule has 7 aliphatic heterocycles. The highest BCUT2D eigenvalue weighted by molar-refractivity contribution is 5.87. The minimum Gasteiger partial charge on any atom is -0.394 e. The largest absolute Gasteiger partial charge is 0.394 e. The quantitative estimate of drug-likeness (QED) is 0.0475. The molecular weight excluding hydrogens is 1300 g/mol. The summed E-state index contributed by atoms with van der Waals surface area (Å²) in [5.74, 6) is -2.01. The van der Waals surface area contributed by atoms with Gasteiger partial charge in [0.25, 0.3) is 0 Å². The molecule has 7 heterocycles. The molecular formula is C63H104O34. The number of aliphatic hydroxyl groups excluding tert-OH is 19. The summed E-state index contributed by atoms with van der Waals surface area (Å²) in [5.41, 5.74) is -1.08. The molecule has 11 rings (SSSR count). The van der Waals surface area contributed by atoms with Crippen LogP contribution in [0.5, 0.6) is 0 Å². The Hall–Kier alpha value is -1.65. The van der Waals surface area contributed by atoms with Crippen molar-refractivity contribution in [1.82, 2.24) is 0 Å². The monoisotopic (exact) mass is 1400 g/mol. The minimum atomic E-state index is -2.20. The third kappa shape index (κ3) is 14.0. The smallest absolute Gasteiger partial charge is 0.187 e. The summed E-state index contributed by atoms with van der Waals surface area (Å²) >= 11 is 0. The van der Waals surface area contributed by atoms with Crippen molar-refractivity contribution in [2.75, 3.05) is 39.6 Å². The molecule has 0 bridgehead atoms. The molecule has 97 heavy (non-hydrogen) atoms. The molecule has 11 aliphatic rings. The molecule has 11 fully saturated rings. The molecule has 0 unspecified atom stereocenters. The first kappa shape index (κ1) is 76.5. The normalized spacial score (nSPS) is 55.2. The van der Waals surface area contributed by atoms with Crippen LogP contribution < -0.4 is 0 Å². The lowest BCUT2D eigenvalue weighted by Gasteiger charge is -2.60. The maximum Gasteiger partial charge on any atom is 0.187 e. The van der Waals surface area contributed by atoms with Crippen LogP contribution in [0.1, 0.15) is 92.4 Å². The lowest BCUT2D eigenvalue weighted by Crippen LogP contribution is -2.69. The van der Waals surface area contributed by atoms with E-state index >= 15 is 0 Å². The summed E-state index contributed by atoms with van der Waals surface area (Å²) in [5, 5.41) is 217. The number of rotatable bonds is 21. The van der Waals surface area contributed by atoms with Gasteiger partial charge in [-0.25, -0.2) is 0 Å². The number of hydrogen-bond donors (Lipinski definition) is 20. The van der Waals surface area contributed by atoms with Crippen LogP contribution >= 0.6 is 0 Å². The third-order valence-electron chi connectivity index (χ3n) is 24.2. The molecule has 7 saturated heterocycles. The Morgan fingerprint density at radius 3 is 1.53 bits per heavy atom. The van der Waals surface area contributed by atoms with Gasteiger partial charge in [-0.3, -0.25) is 4.79 Å². The molecule has 0 amide bonds. The van der Waals surface area contributed by atoms with Gasteiger partial charge in [0.2, 0.25) is 0 Å². The first-order valence-corrected chi connectivity index (χ1v) is 34.2. The second-order valence-corrected chi connectivity index (χ2v) is 29.7. The topological polar surface area (TPSA) is 542 Å². The Bertz CT molecular complexity index is 2580. The number of ketones is 1. The van der Waals surface area contributed by atoms with E-state index in [-0.39, 0.29) is 65.8 Å². The van der Waals surface area contributed by atoms with Gasteiger partial charge < -0.3 is 164 Å². The van der Waals surface area contributed by atoms with Gasteiger partial charge in [-0.2, -0.15) is 0 Å². The average Bonchev–Trinajstić information content (AvgIpc) is 1.57. The molecule has 42 atom stereocenters. The van der Waals surface area contributed by atoms with Gasteiger partial charge in [0.1, 0.15) is 146 Å². The summed E-state index contributed by atoms with van der Waals surface area (Å²) in [6.45, 7) is 5.08. The summed E-state index contributed by atoms with van der Waals surface area (Å²) in [7, 11) is 0. The van der Waals surface area contributed by atoms with E-state index in [9.17, 15) is 107 Å². The van der Waals surface area contributed by atoms with Gasteiger partial charge in [0.05, 0.1) is 58.0 Å². The van der Waals surface area contributed by atoms with Crippen molar-refractivity contribution in [2.24, 2.45) is 52.3 Å². The number of carbonyl (C=O) groups is 1. The average molecular weight is 1410 g/mol. The predicted molar refractivity (Wildman–Crippen MR) is 316 cm³/mol. The van der Waals surface area contributed by atoms with E-state index in [4.69, 9.17) is 61.6 Å². The second-order valence-electron chi connectivity index (χ2n) is 29.7. The molecule has 0 radical (unpaired) electrons. The Kier molecular flexibility index (Phi) is 24.0. The van der Waals surface area contributed by atoms with Crippen molar-refractivity contribution in [1.29, 1.82) is 0 Å². The highest BCUT2D eigenvalue weighted by atomic mass is 16.8. The zero-order valence-electron chi connectivity index (χ0n) is 54.8. The molecule has 34 nitrogen and oxygen atoms in total. The summed E-state index contributed by atoms with van der Waals surface area (Å²) in [4.78, 5) is 14.9. The number of aliphatic hydroxyl groups is 20. The number of hydrogen-bond acceptors (Lipinski definition) is 34. The number of carbonyl (C=O) groups excluding carboxylic acids is 1. The van der Waals surface area contributed by atoms with Crippen LogP contribution in [0.4, 0.5) is 0 Å². The number of fused-ring (bicyclic) bond motifs is 7. The van der Waals surface area contributed by atoms with E-state index in [2.05, 4.69) is 6.92 Å². The Morgan fingerprint density at radius 2 is 0.948 bits per heavy atom. The summed E-state index contributed by atoms with van der Waals surface area (Å²) < 4.78 is 77.8. The zero-order valence-corrected chi connectivity index (χ0v) is 54.8. The summed E-state index contributed by atoms with van der Waals surface area (Å²) in [6, 6.07) is 0. The standard InChI is InChI=1S/C63H104O34/c1-21(20-85-55-46(79)42(75)38(71)30(15-64)88-55)8-11-63(84)22(2)36-29(97-63)13-28-26-7-6-24-12-25(9-10-61(24,4)27(26)14-35(69)62(28,36)5)87-57-49(82)44(77)52(34(19-68)91-57)94-60-54(96-58-48(81)43(76)39(72)31(16-65)89-58)53(40(73)32(17-66)90-60)95-59-50(83)45(78)51(33(18-67)92-59)93-56-47(80)41(74)37(70)23(3)86-56/h21-34,36-60,64-68,70-84H,6-20H2,1-5H3/t21-,22-,23-,24-,25-,26+,27-,28-,29-,30+,31+,32+,33+,34+,36-,37-,38+,39+,40+,41+,42-,43-,44+,45+,46+,47+,48+,49+,50+,51+,52-,53-,54+,55+,56-,57+,58-,59-,60-,61-,62+,63-/m0/s1. The molecule has 0 aromatic carbocycles. The molecule has 0 aromatic rings. The predicted octanol–water partition coefficient (Wildman–Crippen LogP) is -8.10. The van der Waals surface area contributed by atoms with Crippen LogP contribution in [-0.2, 0) is 66.4 Å². The van der Waals surface area contributed by atoms with Crippen molar-refractivity contribution < 1.29 is 169 Å². The van der Waals surface area contributed by atoms with E-state index in [1.165, 1.54) is 6.92 Å². The first-order valence-electron chi connectivity index (χ1n) is 34.2. The Labute approximate surface area is 559 Å². The van der Waals surface area contributed by atoms with Crippen molar-refractivity contribution in [3.8, 4) is 0 Å². The molecule has 0 spiro atoms. The van der Waals surface area contributed by atoms with E-state index in [0.29, 0.717) is 38.5 Å². The third-order valence-corrected chi connectivity index (χ3v) is 24.2. The summed E-state index contributed by atoms with van der Waals surface area (Å²) in [6.07, 6.45) is -49.7. The maximum atomic E-state index is 14.9. The van der Waals surface area contributed by atoms with E-state index < -0.39 is 240 Å². The fourth-order valence-corrected chi connectivity index (χ4v) is 18.2. The number of Topliss-reactive ketones (excluding diaryl/α,β-unsaturated/α-hetero) is 1. The van der Waals surface area contributed by atoms with E-state index in [1.807, 2.05) is 20.8 Å². The van der Waals surface area contributed by atoms with Crippen molar-refractivity contribution in [3.05, 3.63) is 0 Å². The maximum absolute atomic E-state index is 14.9. The fourth-order valence-electron chi connectivity index (χ4n) is 18.2.